The van der Waals surface area contributed by atoms with Gasteiger partial charge in [-0.25, -0.2) is 8.42 Å². The fraction of sp³-hybridized carbons (Fsp3) is 0.364. The van der Waals surface area contributed by atoms with Gasteiger partial charge < -0.3 is 10.6 Å². The van der Waals surface area contributed by atoms with Crippen LogP contribution in [0.3, 0.4) is 0 Å². The van der Waals surface area contributed by atoms with Crippen LogP contribution in [0.5, 0.6) is 0 Å². The Bertz CT molecular complexity index is 486. The van der Waals surface area contributed by atoms with E-state index in [0.717, 1.165) is 0 Å². The van der Waals surface area contributed by atoms with Gasteiger partial charge in [0.1, 0.15) is 0 Å². The lowest BCUT2D eigenvalue weighted by Crippen LogP contribution is -2.31. The summed E-state index contributed by atoms with van der Waals surface area (Å²) >= 11 is 0. The summed E-state index contributed by atoms with van der Waals surface area (Å²) in [5.41, 5.74) is 5.57. The van der Waals surface area contributed by atoms with Crippen LogP contribution in [0.1, 0.15) is 0 Å². The summed E-state index contributed by atoms with van der Waals surface area (Å²) in [5.74, 6) is 0.291. The topological polar surface area (TPSA) is 75.8 Å². The van der Waals surface area contributed by atoms with E-state index < -0.39 is 9.84 Å². The Labute approximate surface area is 125 Å². The first kappa shape index (κ1) is 17.2. The highest BCUT2D eigenvalue weighted by atomic mass is 127. The Balaban J connectivity index is 0.00000289. The largest absolute Gasteiger partial charge is 0.370 e. The van der Waals surface area contributed by atoms with E-state index in [-0.39, 0.29) is 36.3 Å². The van der Waals surface area contributed by atoms with Gasteiger partial charge in [0, 0.05) is 14.1 Å². The number of guanidine groups is 1. The minimum atomic E-state index is -3.26. The molecule has 2 N–H and O–H groups in total. The molecule has 0 saturated heterocycles. The number of sulfone groups is 1. The molecule has 0 heterocycles. The van der Waals surface area contributed by atoms with Gasteiger partial charge in [-0.2, -0.15) is 0 Å². The standard InChI is InChI=1S/C11H17N3O2S.HI/c1-14(2)11(12)13-8-9-17(15,16)10-6-4-3-5-7-10;/h3-7H,8-9H2,1-2H3,(H2,12,13);1H. The molecule has 0 aliphatic carbocycles. The Morgan fingerprint density at radius 2 is 1.83 bits per heavy atom. The zero-order valence-electron chi connectivity index (χ0n) is 10.4. The molecule has 0 unspecified atom stereocenters. The molecule has 0 fully saturated rings. The van der Waals surface area contributed by atoms with Crippen LogP contribution in [0.4, 0.5) is 0 Å². The number of halogens is 1. The molecule has 0 spiro atoms. The molecule has 102 valence electrons. The number of nitrogens with two attached hydrogens (primary N) is 1. The maximum atomic E-state index is 11.9. The molecule has 0 bridgehead atoms. The third-order valence-corrected chi connectivity index (χ3v) is 3.90. The molecule has 0 amide bonds. The van der Waals surface area contributed by atoms with Crippen molar-refractivity contribution in [3.63, 3.8) is 0 Å². The van der Waals surface area contributed by atoms with E-state index in [1.807, 2.05) is 0 Å². The van der Waals surface area contributed by atoms with Crippen LogP contribution in [0.25, 0.3) is 0 Å². The monoisotopic (exact) mass is 383 g/mol. The normalized spacial score (nSPS) is 11.8. The second kappa shape index (κ2) is 7.57. The molecule has 0 aliphatic heterocycles. The summed E-state index contributed by atoms with van der Waals surface area (Å²) < 4.78 is 23.7. The van der Waals surface area contributed by atoms with Crippen molar-refractivity contribution < 1.29 is 8.42 Å². The van der Waals surface area contributed by atoms with Gasteiger partial charge in [-0.15, -0.1) is 24.0 Å². The molecular weight excluding hydrogens is 365 g/mol. The lowest BCUT2D eigenvalue weighted by Gasteiger charge is -2.10. The molecule has 7 heteroatoms. The molecule has 1 aromatic carbocycles. The lowest BCUT2D eigenvalue weighted by atomic mass is 10.4. The SMILES string of the molecule is CN(C)C(N)=NCCS(=O)(=O)c1ccccc1.I. The van der Waals surface area contributed by atoms with E-state index in [0.29, 0.717) is 10.9 Å². The molecule has 0 aromatic heterocycles. The Hall–Kier alpha value is -0.830. The van der Waals surface area contributed by atoms with Gasteiger partial charge >= 0.3 is 0 Å². The van der Waals surface area contributed by atoms with Gasteiger partial charge in [0.25, 0.3) is 0 Å². The van der Waals surface area contributed by atoms with Gasteiger partial charge in [0.05, 0.1) is 17.2 Å². The van der Waals surface area contributed by atoms with Crippen molar-refractivity contribution in [2.75, 3.05) is 26.4 Å². The molecule has 1 rings (SSSR count). The highest BCUT2D eigenvalue weighted by molar-refractivity contribution is 14.0. The van der Waals surface area contributed by atoms with E-state index in [1.165, 1.54) is 0 Å². The lowest BCUT2D eigenvalue weighted by molar-refractivity contribution is 0.593. The van der Waals surface area contributed by atoms with Gasteiger partial charge in [0.15, 0.2) is 15.8 Å². The molecule has 0 atom stereocenters. The van der Waals surface area contributed by atoms with Crippen LogP contribution >= 0.6 is 24.0 Å². The fourth-order valence-electron chi connectivity index (χ4n) is 1.17. The zero-order valence-corrected chi connectivity index (χ0v) is 13.6. The Morgan fingerprint density at radius 1 is 1.28 bits per heavy atom. The maximum absolute atomic E-state index is 11.9. The van der Waals surface area contributed by atoms with E-state index in [4.69, 9.17) is 5.73 Å². The van der Waals surface area contributed by atoms with Crippen LogP contribution < -0.4 is 5.73 Å². The first-order valence-electron chi connectivity index (χ1n) is 5.18. The number of hydrogen-bond donors (Lipinski definition) is 1. The van der Waals surface area contributed by atoms with Crippen LogP contribution in [-0.4, -0.2) is 45.7 Å². The van der Waals surface area contributed by atoms with Crippen molar-refractivity contribution in [2.45, 2.75) is 4.90 Å². The molecule has 5 nitrogen and oxygen atoms in total. The van der Waals surface area contributed by atoms with Gasteiger partial charge in [-0.1, -0.05) is 18.2 Å². The zero-order chi connectivity index (χ0) is 12.9. The van der Waals surface area contributed by atoms with E-state index in [2.05, 4.69) is 4.99 Å². The number of benzene rings is 1. The van der Waals surface area contributed by atoms with Crippen molar-refractivity contribution in [3.8, 4) is 0 Å². The van der Waals surface area contributed by atoms with Gasteiger partial charge in [0.2, 0.25) is 0 Å². The summed E-state index contributed by atoms with van der Waals surface area (Å²) in [7, 11) is 0.246. The quantitative estimate of drug-likeness (QED) is 0.477. The summed E-state index contributed by atoms with van der Waals surface area (Å²) in [6.45, 7) is 0.168. The van der Waals surface area contributed by atoms with Crippen molar-refractivity contribution >= 4 is 39.8 Å². The molecule has 0 radical (unpaired) electrons. The summed E-state index contributed by atoms with van der Waals surface area (Å²) in [6.07, 6.45) is 0. The number of rotatable bonds is 4. The molecular formula is C11H18IN3O2S. The molecule has 0 saturated carbocycles. The number of hydrogen-bond acceptors (Lipinski definition) is 3. The van der Waals surface area contributed by atoms with Crippen molar-refractivity contribution in [1.82, 2.24) is 4.90 Å². The van der Waals surface area contributed by atoms with Crippen LogP contribution in [0.15, 0.2) is 40.2 Å². The second-order valence-electron chi connectivity index (χ2n) is 3.77. The summed E-state index contributed by atoms with van der Waals surface area (Å²) in [5, 5.41) is 0. The molecule has 1 aromatic rings. The summed E-state index contributed by atoms with van der Waals surface area (Å²) in [4.78, 5) is 5.93. The van der Waals surface area contributed by atoms with Crippen molar-refractivity contribution in [2.24, 2.45) is 10.7 Å². The minimum Gasteiger partial charge on any atom is -0.370 e. The second-order valence-corrected chi connectivity index (χ2v) is 5.88. The smallest absolute Gasteiger partial charge is 0.190 e. The van der Waals surface area contributed by atoms with Crippen molar-refractivity contribution in [1.29, 1.82) is 0 Å². The fourth-order valence-corrected chi connectivity index (χ4v) is 2.31. The molecule has 18 heavy (non-hydrogen) atoms. The third kappa shape index (κ3) is 5.21. The predicted molar refractivity (Wildman–Crippen MR) is 84.1 cm³/mol. The Morgan fingerprint density at radius 3 is 2.33 bits per heavy atom. The number of nitrogens with zero attached hydrogens (tertiary/aromatic N) is 2. The summed E-state index contributed by atoms with van der Waals surface area (Å²) in [6, 6.07) is 8.33. The maximum Gasteiger partial charge on any atom is 0.190 e. The number of aliphatic imine (C=N–C) groups is 1. The highest BCUT2D eigenvalue weighted by Gasteiger charge is 2.12. The minimum absolute atomic E-state index is 0. The van der Waals surface area contributed by atoms with Crippen LogP contribution in [0.2, 0.25) is 0 Å². The van der Waals surface area contributed by atoms with Gasteiger partial charge in [-0.05, 0) is 12.1 Å². The van der Waals surface area contributed by atoms with Crippen molar-refractivity contribution in [3.05, 3.63) is 30.3 Å². The van der Waals surface area contributed by atoms with E-state index in [1.54, 1.807) is 49.3 Å². The van der Waals surface area contributed by atoms with E-state index >= 15 is 0 Å². The Kier molecular flexibility index (Phi) is 7.22. The average Bonchev–Trinajstić information content (AvgIpc) is 2.29. The van der Waals surface area contributed by atoms with Gasteiger partial charge in [-0.3, -0.25) is 4.99 Å². The highest BCUT2D eigenvalue weighted by Crippen LogP contribution is 2.09. The first-order chi connectivity index (χ1) is 7.93. The third-order valence-electron chi connectivity index (χ3n) is 2.19. The van der Waals surface area contributed by atoms with Crippen LogP contribution in [-0.2, 0) is 9.84 Å². The first-order valence-corrected chi connectivity index (χ1v) is 6.84. The van der Waals surface area contributed by atoms with Crippen LogP contribution in [0, 0.1) is 0 Å². The molecule has 0 aliphatic rings. The van der Waals surface area contributed by atoms with E-state index in [9.17, 15) is 8.42 Å². The predicted octanol–water partition coefficient (Wildman–Crippen LogP) is 0.955. The average molecular weight is 383 g/mol.